The Kier molecular flexibility index (Phi) is 3.94. The molecule has 0 amide bonds. The van der Waals surface area contributed by atoms with E-state index in [2.05, 4.69) is 10.1 Å². The number of anilines is 1. The van der Waals surface area contributed by atoms with E-state index in [1.54, 1.807) is 0 Å². The van der Waals surface area contributed by atoms with Crippen molar-refractivity contribution in [3.63, 3.8) is 0 Å². The molecule has 1 aliphatic heterocycles. The summed E-state index contributed by atoms with van der Waals surface area (Å²) in [4.78, 5) is 6.39. The Labute approximate surface area is 117 Å². The second kappa shape index (κ2) is 6.02. The summed E-state index contributed by atoms with van der Waals surface area (Å²) >= 11 is 0. The predicted molar refractivity (Wildman–Crippen MR) is 73.3 cm³/mol. The highest BCUT2D eigenvalue weighted by Gasteiger charge is 2.22. The van der Waals surface area contributed by atoms with Crippen molar-refractivity contribution >= 4 is 6.01 Å². The Morgan fingerprint density at radius 3 is 2.95 bits per heavy atom. The smallest absolute Gasteiger partial charge is 0.324 e. The fraction of sp³-hybridized carbons (Fsp3) is 0.429. The van der Waals surface area contributed by atoms with E-state index in [0.29, 0.717) is 38.1 Å². The molecule has 1 fully saturated rings. The third-order valence-corrected chi connectivity index (χ3v) is 3.31. The first-order chi connectivity index (χ1) is 9.86. The van der Waals surface area contributed by atoms with Crippen LogP contribution in [0.15, 0.2) is 34.9 Å². The highest BCUT2D eigenvalue weighted by Crippen LogP contribution is 2.21. The summed E-state index contributed by atoms with van der Waals surface area (Å²) in [5, 5.41) is 13.3. The normalized spacial score (nSPS) is 19.9. The van der Waals surface area contributed by atoms with Gasteiger partial charge in [-0.15, -0.1) is 0 Å². The molecular weight excluding hydrogens is 258 g/mol. The molecule has 0 aliphatic carbocycles. The Balaban J connectivity index is 1.79. The Hall–Kier alpha value is -1.92. The molecule has 2 aromatic rings. The monoisotopic (exact) mass is 275 g/mol. The van der Waals surface area contributed by atoms with Gasteiger partial charge in [-0.3, -0.25) is 0 Å². The van der Waals surface area contributed by atoms with Crippen molar-refractivity contribution in [1.82, 2.24) is 10.1 Å². The van der Waals surface area contributed by atoms with E-state index < -0.39 is 0 Å². The van der Waals surface area contributed by atoms with Crippen LogP contribution in [0.4, 0.5) is 6.01 Å². The zero-order chi connectivity index (χ0) is 13.8. The number of aliphatic hydroxyl groups excluding tert-OH is 1. The summed E-state index contributed by atoms with van der Waals surface area (Å²) < 4.78 is 10.8. The van der Waals surface area contributed by atoms with Gasteiger partial charge in [-0.05, 0) is 0 Å². The third-order valence-electron chi connectivity index (χ3n) is 3.31. The molecular formula is C14H17N3O3. The minimum atomic E-state index is 0.0737. The van der Waals surface area contributed by atoms with Crippen molar-refractivity contribution in [3.05, 3.63) is 30.3 Å². The van der Waals surface area contributed by atoms with Crippen LogP contribution in [0.25, 0.3) is 11.4 Å². The average Bonchev–Trinajstić information content (AvgIpc) is 2.87. The van der Waals surface area contributed by atoms with E-state index in [0.717, 1.165) is 5.56 Å². The summed E-state index contributed by atoms with van der Waals surface area (Å²) in [7, 11) is 0. The maximum absolute atomic E-state index is 9.29. The lowest BCUT2D eigenvalue weighted by atomic mass is 10.2. The number of ether oxygens (including phenoxy) is 1. The Bertz CT molecular complexity index is 544. The van der Waals surface area contributed by atoms with Gasteiger partial charge in [0.1, 0.15) is 0 Å². The van der Waals surface area contributed by atoms with Gasteiger partial charge in [0, 0.05) is 31.2 Å². The second-order valence-electron chi connectivity index (χ2n) is 4.84. The number of hydrogen-bond donors (Lipinski definition) is 1. The SMILES string of the molecule is OC[C@@H]1COCCN(c2nc(-c3ccccc3)no2)C1. The van der Waals surface area contributed by atoms with Crippen molar-refractivity contribution in [1.29, 1.82) is 0 Å². The number of aliphatic hydroxyl groups is 1. The van der Waals surface area contributed by atoms with E-state index in [-0.39, 0.29) is 12.5 Å². The van der Waals surface area contributed by atoms with Gasteiger partial charge >= 0.3 is 6.01 Å². The molecule has 6 nitrogen and oxygen atoms in total. The molecule has 1 aromatic carbocycles. The number of benzene rings is 1. The minimum Gasteiger partial charge on any atom is -0.396 e. The molecule has 2 heterocycles. The Morgan fingerprint density at radius 2 is 2.15 bits per heavy atom. The van der Waals surface area contributed by atoms with Gasteiger partial charge in [-0.1, -0.05) is 35.5 Å². The molecule has 20 heavy (non-hydrogen) atoms. The zero-order valence-electron chi connectivity index (χ0n) is 11.1. The van der Waals surface area contributed by atoms with Crippen LogP contribution in [0.1, 0.15) is 0 Å². The molecule has 106 valence electrons. The summed E-state index contributed by atoms with van der Waals surface area (Å²) in [6.45, 7) is 2.60. The van der Waals surface area contributed by atoms with Crippen LogP contribution in [0.2, 0.25) is 0 Å². The lowest BCUT2D eigenvalue weighted by molar-refractivity contribution is 0.0959. The number of hydrogen-bond acceptors (Lipinski definition) is 6. The van der Waals surface area contributed by atoms with Gasteiger partial charge in [0.25, 0.3) is 0 Å². The first-order valence-corrected chi connectivity index (χ1v) is 6.69. The molecule has 1 N–H and O–H groups in total. The standard InChI is InChI=1S/C14H17N3O3/c18-9-11-8-17(6-7-19-10-11)14-15-13(16-20-14)12-4-2-1-3-5-12/h1-5,11,18H,6-10H2/t11-/m1/s1. The molecule has 0 unspecified atom stereocenters. The summed E-state index contributed by atoms with van der Waals surface area (Å²) in [6, 6.07) is 10.2. The molecule has 3 rings (SSSR count). The topological polar surface area (TPSA) is 71.6 Å². The number of aromatic nitrogens is 2. The fourth-order valence-electron chi connectivity index (χ4n) is 2.21. The van der Waals surface area contributed by atoms with Crippen LogP contribution in [0, 0.1) is 5.92 Å². The van der Waals surface area contributed by atoms with E-state index in [4.69, 9.17) is 9.26 Å². The van der Waals surface area contributed by atoms with Gasteiger partial charge in [-0.2, -0.15) is 4.98 Å². The molecule has 0 radical (unpaired) electrons. The van der Waals surface area contributed by atoms with Crippen molar-refractivity contribution in [2.75, 3.05) is 37.8 Å². The number of rotatable bonds is 3. The summed E-state index contributed by atoms with van der Waals surface area (Å²) in [6.07, 6.45) is 0. The molecule has 0 saturated carbocycles. The Morgan fingerprint density at radius 1 is 1.30 bits per heavy atom. The van der Waals surface area contributed by atoms with Crippen LogP contribution in [-0.4, -0.2) is 48.2 Å². The molecule has 0 bridgehead atoms. The van der Waals surface area contributed by atoms with Crippen molar-refractivity contribution in [2.24, 2.45) is 5.92 Å². The van der Waals surface area contributed by atoms with E-state index in [9.17, 15) is 5.11 Å². The highest BCUT2D eigenvalue weighted by molar-refractivity contribution is 5.55. The minimum absolute atomic E-state index is 0.0737. The lowest BCUT2D eigenvalue weighted by Gasteiger charge is -2.19. The van der Waals surface area contributed by atoms with E-state index in [1.165, 1.54) is 0 Å². The summed E-state index contributed by atoms with van der Waals surface area (Å²) in [5.74, 6) is 0.649. The van der Waals surface area contributed by atoms with Crippen LogP contribution < -0.4 is 4.90 Å². The molecule has 6 heteroatoms. The molecule has 1 aromatic heterocycles. The zero-order valence-corrected chi connectivity index (χ0v) is 11.1. The maximum Gasteiger partial charge on any atom is 0.324 e. The van der Waals surface area contributed by atoms with E-state index in [1.807, 2.05) is 35.2 Å². The van der Waals surface area contributed by atoms with Gasteiger partial charge in [0.05, 0.1) is 13.2 Å². The second-order valence-corrected chi connectivity index (χ2v) is 4.84. The predicted octanol–water partition coefficient (Wildman–Crippen LogP) is 1.18. The molecule has 1 aliphatic rings. The molecule has 1 atom stereocenters. The summed E-state index contributed by atoms with van der Waals surface area (Å²) in [5.41, 5.74) is 0.923. The quantitative estimate of drug-likeness (QED) is 0.907. The van der Waals surface area contributed by atoms with Crippen LogP contribution in [-0.2, 0) is 4.74 Å². The third kappa shape index (κ3) is 2.81. The lowest BCUT2D eigenvalue weighted by Crippen LogP contribution is -2.31. The average molecular weight is 275 g/mol. The van der Waals surface area contributed by atoms with Gasteiger partial charge < -0.3 is 19.3 Å². The van der Waals surface area contributed by atoms with Crippen LogP contribution >= 0.6 is 0 Å². The van der Waals surface area contributed by atoms with Crippen LogP contribution in [0.3, 0.4) is 0 Å². The highest BCUT2D eigenvalue weighted by atomic mass is 16.5. The molecule has 1 saturated heterocycles. The maximum atomic E-state index is 9.29. The first-order valence-electron chi connectivity index (χ1n) is 6.69. The van der Waals surface area contributed by atoms with Crippen molar-refractivity contribution < 1.29 is 14.4 Å². The van der Waals surface area contributed by atoms with Crippen molar-refractivity contribution in [2.45, 2.75) is 0 Å². The largest absolute Gasteiger partial charge is 0.396 e. The van der Waals surface area contributed by atoms with Crippen LogP contribution in [0.5, 0.6) is 0 Å². The van der Waals surface area contributed by atoms with Gasteiger partial charge in [0.2, 0.25) is 5.82 Å². The van der Waals surface area contributed by atoms with Gasteiger partial charge in [-0.25, -0.2) is 0 Å². The van der Waals surface area contributed by atoms with E-state index >= 15 is 0 Å². The number of nitrogens with zero attached hydrogens (tertiary/aromatic N) is 3. The molecule has 0 spiro atoms. The fourth-order valence-corrected chi connectivity index (χ4v) is 2.21. The first kappa shape index (κ1) is 13.1. The van der Waals surface area contributed by atoms with Gasteiger partial charge in [0.15, 0.2) is 0 Å². The van der Waals surface area contributed by atoms with Crippen molar-refractivity contribution in [3.8, 4) is 11.4 Å².